The fourth-order valence-corrected chi connectivity index (χ4v) is 2.00. The summed E-state index contributed by atoms with van der Waals surface area (Å²) in [5, 5.41) is 0. The molecule has 2 N–H and O–H groups in total. The second-order valence-corrected chi connectivity index (χ2v) is 4.32. The van der Waals surface area contributed by atoms with Crippen molar-refractivity contribution in [1.29, 1.82) is 0 Å². The molecule has 3 nitrogen and oxygen atoms in total. The van der Waals surface area contributed by atoms with Gasteiger partial charge in [-0.3, -0.25) is 4.98 Å². The number of nitrogens with two attached hydrogens (primary N) is 1. The van der Waals surface area contributed by atoms with Gasteiger partial charge in [0, 0.05) is 24.8 Å². The van der Waals surface area contributed by atoms with E-state index in [4.69, 9.17) is 5.73 Å². The van der Waals surface area contributed by atoms with Crippen LogP contribution in [0.4, 0.5) is 18.9 Å². The molecule has 6 heteroatoms. The van der Waals surface area contributed by atoms with Gasteiger partial charge in [0.2, 0.25) is 0 Å². The lowest BCUT2D eigenvalue weighted by Crippen LogP contribution is -2.26. The molecular formula is C11H14F3N3. The minimum absolute atomic E-state index is 0.00439. The van der Waals surface area contributed by atoms with E-state index in [9.17, 15) is 13.2 Å². The van der Waals surface area contributed by atoms with Gasteiger partial charge in [0.15, 0.2) is 0 Å². The molecule has 0 radical (unpaired) electrons. The van der Waals surface area contributed by atoms with Crippen LogP contribution in [0.1, 0.15) is 17.7 Å². The second-order valence-electron chi connectivity index (χ2n) is 4.32. The predicted octanol–water partition coefficient (Wildman–Crippen LogP) is 1.95. The molecule has 0 spiro atoms. The zero-order valence-corrected chi connectivity index (χ0v) is 9.46. The maximum Gasteiger partial charge on any atom is 0.418 e. The molecule has 1 aliphatic heterocycles. The zero-order chi connectivity index (χ0) is 12.6. The molecule has 1 saturated heterocycles. The molecule has 0 saturated carbocycles. The van der Waals surface area contributed by atoms with Crippen LogP contribution in [0.5, 0.6) is 0 Å². The Morgan fingerprint density at radius 3 is 2.71 bits per heavy atom. The number of hydrogen-bond acceptors (Lipinski definition) is 3. The maximum absolute atomic E-state index is 12.7. The summed E-state index contributed by atoms with van der Waals surface area (Å²) in [7, 11) is 0. The number of halogens is 3. The van der Waals surface area contributed by atoms with Gasteiger partial charge >= 0.3 is 6.18 Å². The van der Waals surface area contributed by atoms with Gasteiger partial charge < -0.3 is 10.6 Å². The summed E-state index contributed by atoms with van der Waals surface area (Å²) in [6.07, 6.45) is -2.08. The lowest BCUT2D eigenvalue weighted by atomic mass is 10.2. The number of aromatic nitrogens is 1. The van der Waals surface area contributed by atoms with E-state index in [1.165, 1.54) is 13.1 Å². The van der Waals surface area contributed by atoms with Gasteiger partial charge in [-0.05, 0) is 19.4 Å². The van der Waals surface area contributed by atoms with Crippen LogP contribution in [0, 0.1) is 6.92 Å². The quantitative estimate of drug-likeness (QED) is 0.822. The Balaban J connectivity index is 2.31. The summed E-state index contributed by atoms with van der Waals surface area (Å²) in [5.41, 5.74) is 5.56. The van der Waals surface area contributed by atoms with Gasteiger partial charge in [-0.25, -0.2) is 0 Å². The van der Waals surface area contributed by atoms with Crippen molar-refractivity contribution < 1.29 is 13.2 Å². The maximum atomic E-state index is 12.7. The van der Waals surface area contributed by atoms with E-state index in [1.54, 1.807) is 0 Å². The fourth-order valence-electron chi connectivity index (χ4n) is 2.00. The van der Waals surface area contributed by atoms with Crippen LogP contribution in [0.15, 0.2) is 12.3 Å². The van der Waals surface area contributed by atoms with E-state index in [-0.39, 0.29) is 11.7 Å². The Morgan fingerprint density at radius 2 is 2.18 bits per heavy atom. The van der Waals surface area contributed by atoms with E-state index in [2.05, 4.69) is 4.98 Å². The average molecular weight is 245 g/mol. The molecule has 0 bridgehead atoms. The summed E-state index contributed by atoms with van der Waals surface area (Å²) < 4.78 is 38.1. The van der Waals surface area contributed by atoms with Gasteiger partial charge in [0.1, 0.15) is 0 Å². The highest BCUT2D eigenvalue weighted by Gasteiger charge is 2.34. The zero-order valence-electron chi connectivity index (χ0n) is 9.46. The van der Waals surface area contributed by atoms with Crippen LogP contribution in [0.25, 0.3) is 0 Å². The molecule has 2 rings (SSSR count). The van der Waals surface area contributed by atoms with Crippen molar-refractivity contribution in [2.75, 3.05) is 18.0 Å². The van der Waals surface area contributed by atoms with E-state index >= 15 is 0 Å². The summed E-state index contributed by atoms with van der Waals surface area (Å²) >= 11 is 0. The molecule has 1 fully saturated rings. The first-order valence-corrected chi connectivity index (χ1v) is 5.42. The van der Waals surface area contributed by atoms with Crippen molar-refractivity contribution in [3.63, 3.8) is 0 Å². The van der Waals surface area contributed by atoms with Crippen LogP contribution in [-0.4, -0.2) is 24.1 Å². The van der Waals surface area contributed by atoms with E-state index < -0.39 is 11.7 Å². The van der Waals surface area contributed by atoms with Crippen molar-refractivity contribution in [1.82, 2.24) is 4.98 Å². The van der Waals surface area contributed by atoms with Gasteiger partial charge in [0.05, 0.1) is 17.4 Å². The van der Waals surface area contributed by atoms with Crippen molar-refractivity contribution in [3.05, 3.63) is 23.5 Å². The summed E-state index contributed by atoms with van der Waals surface area (Å²) in [4.78, 5) is 5.65. The SMILES string of the molecule is Cc1ncc(N2CCC(N)C2)cc1C(F)(F)F. The van der Waals surface area contributed by atoms with E-state index in [0.717, 1.165) is 12.5 Å². The van der Waals surface area contributed by atoms with Crippen LogP contribution < -0.4 is 10.6 Å². The highest BCUT2D eigenvalue weighted by atomic mass is 19.4. The lowest BCUT2D eigenvalue weighted by Gasteiger charge is -2.19. The number of alkyl halides is 3. The number of pyridine rings is 1. The monoisotopic (exact) mass is 245 g/mol. The topological polar surface area (TPSA) is 42.2 Å². The standard InChI is InChI=1S/C11H14F3N3/c1-7-10(11(12,13)14)4-9(5-16-7)17-3-2-8(15)6-17/h4-5,8H,2-3,6,15H2,1H3. The van der Waals surface area contributed by atoms with Crippen LogP contribution in [-0.2, 0) is 6.18 Å². The first-order chi connectivity index (χ1) is 7.88. The second kappa shape index (κ2) is 4.18. The Hall–Kier alpha value is -1.30. The van der Waals surface area contributed by atoms with Crippen LogP contribution in [0.3, 0.4) is 0 Å². The van der Waals surface area contributed by atoms with Crippen molar-refractivity contribution >= 4 is 5.69 Å². The predicted molar refractivity (Wildman–Crippen MR) is 58.8 cm³/mol. The molecule has 0 aromatic carbocycles. The molecule has 1 atom stereocenters. The summed E-state index contributed by atoms with van der Waals surface area (Å²) in [5.74, 6) is 0. The molecule has 94 valence electrons. The molecule has 1 aliphatic rings. The summed E-state index contributed by atoms with van der Waals surface area (Å²) in [6.45, 7) is 2.63. The molecule has 17 heavy (non-hydrogen) atoms. The van der Waals surface area contributed by atoms with E-state index in [0.29, 0.717) is 18.8 Å². The number of anilines is 1. The largest absolute Gasteiger partial charge is 0.418 e. The van der Waals surface area contributed by atoms with Crippen molar-refractivity contribution in [3.8, 4) is 0 Å². The van der Waals surface area contributed by atoms with Crippen molar-refractivity contribution in [2.24, 2.45) is 5.73 Å². The van der Waals surface area contributed by atoms with Gasteiger partial charge in [-0.2, -0.15) is 13.2 Å². The Bertz CT molecular complexity index is 417. The molecule has 1 aromatic heterocycles. The molecule has 0 amide bonds. The van der Waals surface area contributed by atoms with Gasteiger partial charge in [-0.1, -0.05) is 0 Å². The minimum atomic E-state index is -4.35. The van der Waals surface area contributed by atoms with Crippen molar-refractivity contribution in [2.45, 2.75) is 25.6 Å². The molecule has 1 unspecified atom stereocenters. The molecule has 1 aromatic rings. The molecular weight excluding hydrogens is 231 g/mol. The number of hydrogen-bond donors (Lipinski definition) is 1. The van der Waals surface area contributed by atoms with Crippen LogP contribution >= 0.6 is 0 Å². The smallest absolute Gasteiger partial charge is 0.369 e. The Kier molecular flexibility index (Phi) is 2.99. The third-order valence-electron chi connectivity index (χ3n) is 2.97. The molecule has 0 aliphatic carbocycles. The Morgan fingerprint density at radius 1 is 1.47 bits per heavy atom. The van der Waals surface area contributed by atoms with E-state index in [1.807, 2.05) is 4.90 Å². The van der Waals surface area contributed by atoms with Crippen LogP contribution in [0.2, 0.25) is 0 Å². The number of aryl methyl sites for hydroxylation is 1. The minimum Gasteiger partial charge on any atom is -0.369 e. The number of nitrogens with zero attached hydrogens (tertiary/aromatic N) is 2. The number of rotatable bonds is 1. The lowest BCUT2D eigenvalue weighted by molar-refractivity contribution is -0.138. The first-order valence-electron chi connectivity index (χ1n) is 5.42. The fraction of sp³-hybridized carbons (Fsp3) is 0.545. The van der Waals surface area contributed by atoms with Gasteiger partial charge in [0.25, 0.3) is 0 Å². The Labute approximate surface area is 97.4 Å². The highest BCUT2D eigenvalue weighted by molar-refractivity contribution is 5.49. The summed E-state index contributed by atoms with van der Waals surface area (Å²) in [6, 6.07) is 1.19. The average Bonchev–Trinajstić information content (AvgIpc) is 2.64. The first kappa shape index (κ1) is 12.2. The normalized spacial score (nSPS) is 21.0. The third kappa shape index (κ3) is 2.52. The molecule has 2 heterocycles. The third-order valence-corrected chi connectivity index (χ3v) is 2.97. The highest BCUT2D eigenvalue weighted by Crippen LogP contribution is 2.33. The van der Waals surface area contributed by atoms with Gasteiger partial charge in [-0.15, -0.1) is 0 Å².